The number of fused-ring (bicyclic) bond motifs is 2. The van der Waals surface area contributed by atoms with E-state index in [1.165, 1.54) is 0 Å². The van der Waals surface area contributed by atoms with Gasteiger partial charge in [-0.15, -0.1) is 0 Å². The predicted molar refractivity (Wildman–Crippen MR) is 120 cm³/mol. The lowest BCUT2D eigenvalue weighted by Crippen LogP contribution is -2.43. The number of anilines is 2. The molecule has 3 aliphatic heterocycles. The summed E-state index contributed by atoms with van der Waals surface area (Å²) in [7, 11) is -2.69. The van der Waals surface area contributed by atoms with Crippen molar-refractivity contribution in [1.82, 2.24) is 5.32 Å². The molecule has 1 aromatic carbocycles. The number of hydrogen-bond acceptors (Lipinski definition) is 6. The van der Waals surface area contributed by atoms with Crippen LogP contribution in [0.3, 0.4) is 0 Å². The Morgan fingerprint density at radius 2 is 2.16 bits per heavy atom. The number of carbonyl (C=O) groups excluding carboxylic acids is 2. The van der Waals surface area contributed by atoms with Crippen molar-refractivity contribution in [2.45, 2.75) is 56.5 Å². The van der Waals surface area contributed by atoms with E-state index in [1.807, 2.05) is 26.1 Å². The second kappa shape index (κ2) is 8.29. The van der Waals surface area contributed by atoms with Gasteiger partial charge in [-0.2, -0.15) is 0 Å². The molecule has 2 amide bonds. The van der Waals surface area contributed by atoms with Gasteiger partial charge in [0.15, 0.2) is 13.9 Å². The van der Waals surface area contributed by atoms with Crippen molar-refractivity contribution in [3.63, 3.8) is 0 Å². The molecule has 1 spiro atoms. The van der Waals surface area contributed by atoms with E-state index >= 15 is 0 Å². The summed E-state index contributed by atoms with van der Waals surface area (Å²) in [5.41, 5.74) is 0.537. The minimum atomic E-state index is -2.69. The maximum atomic E-state index is 13.2. The number of rotatable bonds is 5. The van der Waals surface area contributed by atoms with Crippen LogP contribution in [0.5, 0.6) is 0 Å². The summed E-state index contributed by atoms with van der Waals surface area (Å²) in [5, 5.41) is 18.7. The molecule has 5 N–H and O–H groups in total. The molecule has 0 aliphatic carbocycles. The highest BCUT2D eigenvalue weighted by atomic mass is 28.4. The molecule has 3 aliphatic rings. The summed E-state index contributed by atoms with van der Waals surface area (Å²) >= 11 is 0. The molecule has 4 rings (SSSR count). The molecular formula is C22H33N3O5Si. The molecule has 3 heterocycles. The average molecular weight is 448 g/mol. The molecule has 170 valence electrons. The first-order chi connectivity index (χ1) is 14.7. The van der Waals surface area contributed by atoms with Crippen molar-refractivity contribution in [2.75, 3.05) is 30.3 Å². The van der Waals surface area contributed by atoms with Gasteiger partial charge in [-0.3, -0.25) is 9.59 Å². The lowest BCUT2D eigenvalue weighted by Gasteiger charge is -2.32. The molecule has 5 atom stereocenters. The smallest absolute Gasteiger partial charge is 0.261 e. The van der Waals surface area contributed by atoms with Gasteiger partial charge in [-0.25, -0.2) is 0 Å². The van der Waals surface area contributed by atoms with Crippen molar-refractivity contribution in [3.05, 3.63) is 23.8 Å². The van der Waals surface area contributed by atoms with Crippen molar-refractivity contribution in [3.8, 4) is 0 Å². The van der Waals surface area contributed by atoms with Crippen LogP contribution in [0.2, 0.25) is 18.6 Å². The number of carbonyl (C=O) groups is 2. The third kappa shape index (κ3) is 3.82. The molecule has 2 saturated heterocycles. The summed E-state index contributed by atoms with van der Waals surface area (Å²) in [5.74, 6) is -0.625. The highest BCUT2D eigenvalue weighted by Crippen LogP contribution is 2.58. The van der Waals surface area contributed by atoms with Gasteiger partial charge in [0.2, 0.25) is 5.91 Å². The minimum Gasteiger partial charge on any atom is -0.432 e. The normalized spacial score (nSPS) is 32.7. The zero-order chi connectivity index (χ0) is 22.4. The molecule has 0 bridgehead atoms. The van der Waals surface area contributed by atoms with E-state index in [-0.39, 0.29) is 35.8 Å². The molecule has 8 nitrogen and oxygen atoms in total. The lowest BCUT2D eigenvalue weighted by molar-refractivity contribution is -0.143. The Labute approximate surface area is 183 Å². The zero-order valence-electron chi connectivity index (χ0n) is 18.4. The minimum absolute atomic E-state index is 0.0289. The number of ether oxygens (including phenoxy) is 1. The first-order valence-electron chi connectivity index (χ1n) is 11.2. The Morgan fingerprint density at radius 1 is 1.39 bits per heavy atom. The fourth-order valence-electron chi connectivity index (χ4n) is 5.69. The predicted octanol–water partition coefficient (Wildman–Crippen LogP) is 1.76. The van der Waals surface area contributed by atoms with Crippen molar-refractivity contribution in [1.29, 1.82) is 0 Å². The number of aliphatic hydroxyl groups is 1. The van der Waals surface area contributed by atoms with E-state index in [4.69, 9.17) is 4.74 Å². The van der Waals surface area contributed by atoms with Crippen LogP contribution in [0.25, 0.3) is 0 Å². The van der Waals surface area contributed by atoms with Crippen molar-refractivity contribution >= 4 is 31.5 Å². The topological polar surface area (TPSA) is 120 Å². The Hall–Kier alpha value is -1.78. The number of nitrogens with one attached hydrogen (secondary N) is 3. The van der Waals surface area contributed by atoms with Crippen LogP contribution in [0.4, 0.5) is 11.4 Å². The zero-order valence-corrected chi connectivity index (χ0v) is 19.4. The highest BCUT2D eigenvalue weighted by Gasteiger charge is 2.64. The summed E-state index contributed by atoms with van der Waals surface area (Å²) in [6.07, 6.45) is 1.79. The number of hydrogen-bond donors (Lipinski definition) is 5. The third-order valence-electron chi connectivity index (χ3n) is 7.09. The highest BCUT2D eigenvalue weighted by molar-refractivity contribution is 6.71. The van der Waals surface area contributed by atoms with Gasteiger partial charge in [0.05, 0.1) is 12.0 Å². The lowest BCUT2D eigenvalue weighted by atomic mass is 9.82. The Bertz CT molecular complexity index is 867. The quantitative estimate of drug-likeness (QED) is 0.439. The second-order valence-electron chi connectivity index (χ2n) is 9.62. The molecule has 0 radical (unpaired) electrons. The maximum absolute atomic E-state index is 13.2. The van der Waals surface area contributed by atoms with E-state index in [9.17, 15) is 19.5 Å². The average Bonchev–Trinajstić information content (AvgIpc) is 3.17. The number of amides is 2. The van der Waals surface area contributed by atoms with Gasteiger partial charge in [0, 0.05) is 41.5 Å². The molecule has 9 heteroatoms. The van der Waals surface area contributed by atoms with Crippen LogP contribution < -0.4 is 16.0 Å². The molecular weight excluding hydrogens is 414 g/mol. The van der Waals surface area contributed by atoms with E-state index in [0.717, 1.165) is 19.4 Å². The number of benzene rings is 1. The van der Waals surface area contributed by atoms with E-state index < -0.39 is 20.0 Å². The number of aliphatic hydroxyl groups excluding tert-OH is 1. The van der Waals surface area contributed by atoms with Crippen molar-refractivity contribution < 1.29 is 24.2 Å². The van der Waals surface area contributed by atoms with Crippen molar-refractivity contribution in [2.24, 2.45) is 11.8 Å². The summed E-state index contributed by atoms with van der Waals surface area (Å²) in [4.78, 5) is 36.9. The van der Waals surface area contributed by atoms with Crippen LogP contribution in [-0.4, -0.2) is 55.8 Å². The van der Waals surface area contributed by atoms with Gasteiger partial charge >= 0.3 is 0 Å². The van der Waals surface area contributed by atoms with Gasteiger partial charge in [-0.05, 0) is 57.1 Å². The van der Waals surface area contributed by atoms with E-state index in [0.29, 0.717) is 29.9 Å². The van der Waals surface area contributed by atoms with E-state index in [2.05, 4.69) is 16.0 Å². The summed E-state index contributed by atoms with van der Waals surface area (Å²) in [6.45, 7) is 7.18. The molecule has 0 saturated carbocycles. The van der Waals surface area contributed by atoms with Crippen LogP contribution in [0, 0.1) is 11.8 Å². The monoisotopic (exact) mass is 447 g/mol. The third-order valence-corrected chi connectivity index (χ3v) is 9.59. The summed E-state index contributed by atoms with van der Waals surface area (Å²) < 4.78 is 6.40. The van der Waals surface area contributed by atoms with Gasteiger partial charge in [0.25, 0.3) is 5.91 Å². The standard InChI is InChI=1S/C22H33N3O5Si/c1-13-19(31(2,3)29)18(8-10-26)30-22(13)16-11-15(6-7-17(16)25-21(22)28)24-20(27)14-5-4-9-23-12-14/h6-7,11,13-14,18-19,23,26,29H,4-5,8-10,12H2,1-3H3,(H,24,27)(H,25,28)/t13-,14?,18+,19-,22+/m0/s1. The molecule has 0 aromatic heterocycles. The Balaban J connectivity index is 1.66. The number of piperidine rings is 1. The SMILES string of the molecule is C[C@H]1[C@H]([Si](C)(C)O)[C@@H](CCO)O[C@]12C(=O)Nc1ccc(NC(=O)C3CCCNC3)cc12. The Kier molecular flexibility index (Phi) is 5.99. The second-order valence-corrected chi connectivity index (χ2v) is 13.6. The Morgan fingerprint density at radius 3 is 2.81 bits per heavy atom. The van der Waals surface area contributed by atoms with Crippen LogP contribution >= 0.6 is 0 Å². The first kappa shape index (κ1) is 22.4. The van der Waals surface area contributed by atoms with Crippen LogP contribution in [0.1, 0.15) is 31.7 Å². The van der Waals surface area contributed by atoms with Gasteiger partial charge < -0.3 is 30.6 Å². The van der Waals surface area contributed by atoms with Gasteiger partial charge in [0.1, 0.15) is 0 Å². The van der Waals surface area contributed by atoms with Gasteiger partial charge in [-0.1, -0.05) is 6.92 Å². The molecule has 2 fully saturated rings. The molecule has 1 aromatic rings. The van der Waals surface area contributed by atoms with Crippen LogP contribution in [0.15, 0.2) is 18.2 Å². The van der Waals surface area contributed by atoms with Crippen LogP contribution in [-0.2, 0) is 19.9 Å². The van der Waals surface area contributed by atoms with E-state index in [1.54, 1.807) is 12.1 Å². The maximum Gasteiger partial charge on any atom is 0.261 e. The molecule has 1 unspecified atom stereocenters. The summed E-state index contributed by atoms with van der Waals surface area (Å²) in [6, 6.07) is 5.41. The fraction of sp³-hybridized carbons (Fsp3) is 0.636. The largest absolute Gasteiger partial charge is 0.432 e. The molecule has 31 heavy (non-hydrogen) atoms. The first-order valence-corrected chi connectivity index (χ1v) is 14.2. The fourth-order valence-corrected chi connectivity index (χ4v) is 8.29.